The van der Waals surface area contributed by atoms with E-state index in [1.165, 1.54) is 14.2 Å². The van der Waals surface area contributed by atoms with E-state index in [1.54, 1.807) is 0 Å². The van der Waals surface area contributed by atoms with E-state index >= 15 is 0 Å². The molecular formula is C12H24N2O4. The second-order valence-electron chi connectivity index (χ2n) is 3.74. The van der Waals surface area contributed by atoms with E-state index in [4.69, 9.17) is 0 Å². The van der Waals surface area contributed by atoms with Crippen molar-refractivity contribution in [3.8, 4) is 0 Å². The van der Waals surface area contributed by atoms with Crippen molar-refractivity contribution in [2.24, 2.45) is 0 Å². The van der Waals surface area contributed by atoms with Gasteiger partial charge >= 0.3 is 11.9 Å². The third kappa shape index (κ3) is 6.56. The molecule has 0 aliphatic rings. The van der Waals surface area contributed by atoms with Crippen LogP contribution in [0.4, 0.5) is 0 Å². The van der Waals surface area contributed by atoms with Crippen molar-refractivity contribution in [2.75, 3.05) is 40.4 Å². The van der Waals surface area contributed by atoms with Crippen LogP contribution in [0.2, 0.25) is 0 Å². The third-order valence-electron chi connectivity index (χ3n) is 2.73. The van der Waals surface area contributed by atoms with E-state index in [2.05, 4.69) is 14.5 Å². The molecule has 18 heavy (non-hydrogen) atoms. The molecule has 0 saturated carbocycles. The number of carbonyl (C=O) groups excluding carboxylic acids is 2. The lowest BCUT2D eigenvalue weighted by molar-refractivity contribution is -0.143. The molecule has 0 rings (SSSR count). The van der Waals surface area contributed by atoms with Gasteiger partial charge in [0.15, 0.2) is 0 Å². The summed E-state index contributed by atoms with van der Waals surface area (Å²) in [4.78, 5) is 22.3. The summed E-state index contributed by atoms with van der Waals surface area (Å²) in [7, 11) is 2.75. The van der Waals surface area contributed by atoms with Gasteiger partial charge in [0.2, 0.25) is 0 Å². The summed E-state index contributed by atoms with van der Waals surface area (Å²) in [6, 6.07) is 0. The van der Waals surface area contributed by atoms with Crippen molar-refractivity contribution in [3.63, 3.8) is 0 Å². The second kappa shape index (κ2) is 9.85. The number of methoxy groups -OCH3 is 2. The third-order valence-corrected chi connectivity index (χ3v) is 2.73. The first-order valence-corrected chi connectivity index (χ1v) is 6.22. The SMILES string of the molecule is CCN(CC)N(CCC(=O)OC)CCC(=O)OC. The molecule has 0 aromatic rings. The van der Waals surface area contributed by atoms with E-state index in [0.29, 0.717) is 25.9 Å². The highest BCUT2D eigenvalue weighted by atomic mass is 16.5. The Kier molecular flexibility index (Phi) is 9.22. The highest BCUT2D eigenvalue weighted by molar-refractivity contribution is 5.70. The predicted molar refractivity (Wildman–Crippen MR) is 67.8 cm³/mol. The minimum atomic E-state index is -0.245. The van der Waals surface area contributed by atoms with E-state index in [-0.39, 0.29) is 11.9 Å². The maximum atomic E-state index is 11.2. The summed E-state index contributed by atoms with van der Waals surface area (Å²) in [5, 5.41) is 4.08. The lowest BCUT2D eigenvalue weighted by Crippen LogP contribution is -2.44. The summed E-state index contributed by atoms with van der Waals surface area (Å²) in [6.45, 7) is 6.83. The van der Waals surface area contributed by atoms with Crippen LogP contribution in [0, 0.1) is 0 Å². The monoisotopic (exact) mass is 260 g/mol. The molecule has 0 aliphatic heterocycles. The van der Waals surface area contributed by atoms with Gasteiger partial charge in [-0.1, -0.05) is 13.8 Å². The zero-order valence-electron chi connectivity index (χ0n) is 11.8. The Balaban J connectivity index is 4.32. The Labute approximate surface area is 109 Å². The van der Waals surface area contributed by atoms with Crippen molar-refractivity contribution in [2.45, 2.75) is 26.7 Å². The first-order valence-electron chi connectivity index (χ1n) is 6.22. The van der Waals surface area contributed by atoms with E-state index in [9.17, 15) is 9.59 Å². The van der Waals surface area contributed by atoms with Gasteiger partial charge in [-0.15, -0.1) is 0 Å². The molecule has 0 unspecified atom stereocenters. The smallest absolute Gasteiger partial charge is 0.306 e. The number of esters is 2. The van der Waals surface area contributed by atoms with Crippen molar-refractivity contribution in [3.05, 3.63) is 0 Å². The summed E-state index contributed by atoms with van der Waals surface area (Å²) in [5.41, 5.74) is 0. The fourth-order valence-electron chi connectivity index (χ4n) is 1.66. The first kappa shape index (κ1) is 16.9. The maximum Gasteiger partial charge on any atom is 0.306 e. The largest absolute Gasteiger partial charge is 0.469 e. The zero-order valence-corrected chi connectivity index (χ0v) is 11.8. The van der Waals surface area contributed by atoms with Crippen molar-refractivity contribution in [1.82, 2.24) is 10.0 Å². The van der Waals surface area contributed by atoms with Crippen LogP contribution in [0.3, 0.4) is 0 Å². The Morgan fingerprint density at radius 1 is 0.833 bits per heavy atom. The van der Waals surface area contributed by atoms with E-state index < -0.39 is 0 Å². The van der Waals surface area contributed by atoms with Gasteiger partial charge in [-0.05, 0) is 0 Å². The molecule has 0 radical (unpaired) electrons. The van der Waals surface area contributed by atoms with E-state index in [1.807, 2.05) is 18.9 Å². The van der Waals surface area contributed by atoms with Gasteiger partial charge in [0.1, 0.15) is 0 Å². The summed E-state index contributed by atoms with van der Waals surface area (Å²) < 4.78 is 9.24. The quantitative estimate of drug-likeness (QED) is 0.448. The summed E-state index contributed by atoms with van der Waals surface area (Å²) >= 11 is 0. The highest BCUT2D eigenvalue weighted by Crippen LogP contribution is 2.02. The molecule has 0 bridgehead atoms. The zero-order chi connectivity index (χ0) is 14.0. The van der Waals surface area contributed by atoms with Gasteiger partial charge < -0.3 is 9.47 Å². The lowest BCUT2D eigenvalue weighted by atomic mass is 10.3. The van der Waals surface area contributed by atoms with Crippen molar-refractivity contribution < 1.29 is 19.1 Å². The van der Waals surface area contributed by atoms with Gasteiger partial charge in [-0.2, -0.15) is 0 Å². The Hall–Kier alpha value is -1.14. The second-order valence-corrected chi connectivity index (χ2v) is 3.74. The molecule has 0 atom stereocenters. The molecule has 0 aliphatic carbocycles. The molecule has 106 valence electrons. The molecule has 0 N–H and O–H groups in total. The van der Waals surface area contributed by atoms with Crippen molar-refractivity contribution in [1.29, 1.82) is 0 Å². The average Bonchev–Trinajstić information content (AvgIpc) is 2.41. The highest BCUT2D eigenvalue weighted by Gasteiger charge is 2.15. The Morgan fingerprint density at radius 2 is 1.22 bits per heavy atom. The van der Waals surface area contributed by atoms with Crippen LogP contribution in [-0.4, -0.2) is 62.4 Å². The molecule has 0 fully saturated rings. The predicted octanol–water partition coefficient (Wildman–Crippen LogP) is 0.671. The number of hydrogen-bond acceptors (Lipinski definition) is 6. The first-order chi connectivity index (χ1) is 8.58. The standard InChI is InChI=1S/C12H24N2O4/c1-5-13(6-2)14(9-7-11(15)17-3)10-8-12(16)18-4/h5-10H2,1-4H3. The van der Waals surface area contributed by atoms with Crippen molar-refractivity contribution >= 4 is 11.9 Å². The van der Waals surface area contributed by atoms with Crippen LogP contribution in [0.25, 0.3) is 0 Å². The number of hydrazine groups is 1. The number of nitrogens with zero attached hydrogens (tertiary/aromatic N) is 2. The van der Waals surface area contributed by atoms with Gasteiger partial charge in [-0.25, -0.2) is 10.0 Å². The molecule has 0 saturated heterocycles. The fraction of sp³-hybridized carbons (Fsp3) is 0.833. The van der Waals surface area contributed by atoms with E-state index in [0.717, 1.165) is 13.1 Å². The van der Waals surface area contributed by atoms with Crippen LogP contribution < -0.4 is 0 Å². The number of rotatable bonds is 9. The van der Waals surface area contributed by atoms with Gasteiger partial charge in [0, 0.05) is 26.2 Å². The van der Waals surface area contributed by atoms with Crippen LogP contribution in [0.1, 0.15) is 26.7 Å². The molecule has 0 amide bonds. The lowest BCUT2D eigenvalue weighted by Gasteiger charge is -2.33. The molecule has 0 spiro atoms. The van der Waals surface area contributed by atoms with Gasteiger partial charge in [-0.3, -0.25) is 9.59 Å². The molecule has 6 nitrogen and oxygen atoms in total. The molecule has 0 aromatic carbocycles. The minimum absolute atomic E-state index is 0.245. The number of ether oxygens (including phenoxy) is 2. The topological polar surface area (TPSA) is 59.1 Å². The Morgan fingerprint density at radius 3 is 1.50 bits per heavy atom. The Bertz CT molecular complexity index is 234. The molecule has 6 heteroatoms. The minimum Gasteiger partial charge on any atom is -0.469 e. The number of hydrogen-bond donors (Lipinski definition) is 0. The average molecular weight is 260 g/mol. The van der Waals surface area contributed by atoms with Gasteiger partial charge in [0.25, 0.3) is 0 Å². The van der Waals surface area contributed by atoms with Crippen LogP contribution in [0.15, 0.2) is 0 Å². The molecule has 0 heterocycles. The van der Waals surface area contributed by atoms with Gasteiger partial charge in [0.05, 0.1) is 27.1 Å². The van der Waals surface area contributed by atoms with Crippen LogP contribution >= 0.6 is 0 Å². The van der Waals surface area contributed by atoms with Crippen LogP contribution in [-0.2, 0) is 19.1 Å². The maximum absolute atomic E-state index is 11.2. The summed E-state index contributed by atoms with van der Waals surface area (Å²) in [5.74, 6) is -0.490. The number of carbonyl (C=O) groups is 2. The summed E-state index contributed by atoms with van der Waals surface area (Å²) in [6.07, 6.45) is 0.627. The fourth-order valence-corrected chi connectivity index (χ4v) is 1.66. The molecule has 0 aromatic heterocycles. The normalized spacial score (nSPS) is 10.8. The molecular weight excluding hydrogens is 236 g/mol. The van der Waals surface area contributed by atoms with Crippen LogP contribution in [0.5, 0.6) is 0 Å².